The quantitative estimate of drug-likeness (QED) is 0.0892. The number of carboxylic acid groups (broad SMARTS) is 1. The summed E-state index contributed by atoms with van der Waals surface area (Å²) < 4.78 is 6.42. The smallest absolute Gasteiger partial charge is 0.366 e. The topological polar surface area (TPSA) is 96.3 Å². The fourth-order valence-electron chi connectivity index (χ4n) is 11.2. The van der Waals surface area contributed by atoms with E-state index in [4.69, 9.17) is 9.57 Å². The molecule has 0 radical (unpaired) electrons. The molecule has 0 aliphatic heterocycles. The number of hydrogen-bond acceptors (Lipinski definition) is 6. The molecule has 7 unspecified atom stereocenters. The predicted molar refractivity (Wildman–Crippen MR) is 186 cm³/mol. The Morgan fingerprint density at radius 1 is 1.06 bits per heavy atom. The Morgan fingerprint density at radius 3 is 2.29 bits per heavy atom. The zero-order valence-corrected chi connectivity index (χ0v) is 34.2. The van der Waals surface area contributed by atoms with Crippen LogP contribution >= 0.6 is 0 Å². The molecule has 3 fully saturated rings. The van der Waals surface area contributed by atoms with Crippen molar-refractivity contribution in [2.45, 2.75) is 137 Å². The minimum absolute atomic E-state index is 0. The maximum absolute atomic E-state index is 13.5. The van der Waals surface area contributed by atoms with Crippen molar-refractivity contribution in [3.8, 4) is 0 Å². The van der Waals surface area contributed by atoms with E-state index in [0.717, 1.165) is 49.4 Å². The molecule has 8 nitrogen and oxygen atoms in total. The summed E-state index contributed by atoms with van der Waals surface area (Å²) in [5.74, 6) is 0.451. The summed E-state index contributed by atoms with van der Waals surface area (Å²) >= 11 is 0. The third kappa shape index (κ3) is 8.31. The molecule has 9 heteroatoms. The highest BCUT2D eigenvalue weighted by molar-refractivity contribution is 5.84. The molecule has 0 saturated heterocycles. The van der Waals surface area contributed by atoms with Crippen LogP contribution in [-0.2, 0) is 19.2 Å². The van der Waals surface area contributed by atoms with Crippen molar-refractivity contribution in [2.24, 2.45) is 52.3 Å². The summed E-state index contributed by atoms with van der Waals surface area (Å²) in [5, 5.41) is 24.0. The second-order valence-electron chi connectivity index (χ2n) is 18.2. The number of carbonyl (C=O) groups excluding carboxylic acids is 1. The number of quaternary nitrogens is 1. The number of rotatable bonds is 14. The highest BCUT2D eigenvalue weighted by Crippen LogP contribution is 2.68. The van der Waals surface area contributed by atoms with E-state index in [0.29, 0.717) is 23.7 Å². The fourth-order valence-corrected chi connectivity index (χ4v) is 11.2. The Hall–Kier alpha value is -0.750. The van der Waals surface area contributed by atoms with Crippen molar-refractivity contribution in [1.82, 2.24) is 5.06 Å². The SMILES string of the molecule is CCCC1C[C@@]2(C)C(=CCC3C2CC[C@@]2(C)C3CC[C@@H]2[C@H](C)CCCC(C)C)CC1(O)OC(C(=O)ON(C)C)C(C(=O)O)[N+](C)(C)C.[I-]. The molecule has 4 aliphatic rings. The monoisotopic (exact) mass is 788 g/mol. The van der Waals surface area contributed by atoms with Crippen molar-refractivity contribution in [1.29, 1.82) is 0 Å². The molecule has 0 bridgehead atoms. The molecule has 48 heavy (non-hydrogen) atoms. The molecule has 0 aromatic rings. The van der Waals surface area contributed by atoms with E-state index < -0.39 is 29.9 Å². The van der Waals surface area contributed by atoms with Gasteiger partial charge in [0, 0.05) is 26.4 Å². The Kier molecular flexibility index (Phi) is 13.8. The van der Waals surface area contributed by atoms with Crippen LogP contribution in [0.25, 0.3) is 0 Å². The molecule has 2 N–H and O–H groups in total. The van der Waals surface area contributed by atoms with Gasteiger partial charge in [0.2, 0.25) is 12.1 Å². The van der Waals surface area contributed by atoms with E-state index in [1.807, 2.05) is 0 Å². The summed E-state index contributed by atoms with van der Waals surface area (Å²) in [5.41, 5.74) is 1.58. The number of ether oxygens (including phenoxy) is 1. The first kappa shape index (κ1) is 41.7. The van der Waals surface area contributed by atoms with Gasteiger partial charge in [-0.2, -0.15) is 0 Å². The van der Waals surface area contributed by atoms with Gasteiger partial charge in [-0.15, -0.1) is 5.06 Å². The van der Waals surface area contributed by atoms with E-state index in [2.05, 4.69) is 47.6 Å². The van der Waals surface area contributed by atoms with Gasteiger partial charge in [0.25, 0.3) is 0 Å². The molecule has 0 aromatic heterocycles. The molecule has 4 aliphatic carbocycles. The lowest BCUT2D eigenvalue weighted by atomic mass is 9.45. The average molecular weight is 789 g/mol. The average Bonchev–Trinajstić information content (AvgIpc) is 3.29. The molecule has 11 atom stereocenters. The van der Waals surface area contributed by atoms with Crippen LogP contribution in [0.2, 0.25) is 0 Å². The van der Waals surface area contributed by atoms with E-state index in [-0.39, 0.29) is 39.8 Å². The van der Waals surface area contributed by atoms with Gasteiger partial charge in [0.15, 0.2) is 5.79 Å². The molecule has 0 aromatic carbocycles. The van der Waals surface area contributed by atoms with Crippen LogP contribution in [0, 0.1) is 52.3 Å². The van der Waals surface area contributed by atoms with Gasteiger partial charge in [0.1, 0.15) is 0 Å². The normalized spacial score (nSPS) is 36.6. The van der Waals surface area contributed by atoms with Crippen molar-refractivity contribution in [3.05, 3.63) is 11.6 Å². The second-order valence-corrected chi connectivity index (χ2v) is 18.2. The van der Waals surface area contributed by atoms with E-state index in [9.17, 15) is 19.8 Å². The maximum atomic E-state index is 13.5. The van der Waals surface area contributed by atoms with Crippen molar-refractivity contribution in [2.75, 3.05) is 35.2 Å². The van der Waals surface area contributed by atoms with E-state index in [1.165, 1.54) is 55.6 Å². The highest BCUT2D eigenvalue weighted by Gasteiger charge is 2.62. The standard InChI is InChI=1S/C39H68N2O6.HI/c1-12-14-28-23-38(6)27(24-39(28,45)46-34(36(44)47-40(7)8)33(35(42)43)41(9,10)11)17-18-29-31-20-19-30(26(4)16-13-15-25(2)3)37(31,5)22-21-32(29)38;/h17,25-26,28-34,45H,12-16,18-24H2,1-11H3;1H/t26-,28?,29?,30-,31?,32?,33?,34?,37-,38+,39?;/m1./s1. The maximum Gasteiger partial charge on any atom is 0.366 e. The third-order valence-corrected chi connectivity index (χ3v) is 13.4. The number of fused-ring (bicyclic) bond motifs is 5. The Labute approximate surface area is 309 Å². The molecule has 3 saturated carbocycles. The van der Waals surface area contributed by atoms with Crippen molar-refractivity contribution in [3.63, 3.8) is 0 Å². The summed E-state index contributed by atoms with van der Waals surface area (Å²) in [6.07, 6.45) is 13.8. The van der Waals surface area contributed by atoms with Crippen LogP contribution in [0.3, 0.4) is 0 Å². The molecule has 0 spiro atoms. The number of carboxylic acids is 1. The number of carbonyl (C=O) groups is 2. The lowest BCUT2D eigenvalue weighted by Crippen LogP contribution is -3.00. The zero-order valence-electron chi connectivity index (χ0n) is 32.1. The lowest BCUT2D eigenvalue weighted by Gasteiger charge is -2.61. The van der Waals surface area contributed by atoms with Crippen LogP contribution in [0.1, 0.15) is 119 Å². The minimum atomic E-state index is -1.67. The number of halogens is 1. The number of aliphatic hydroxyl groups is 1. The van der Waals surface area contributed by atoms with Gasteiger partial charge in [-0.05, 0) is 91.3 Å². The first-order valence-corrected chi connectivity index (χ1v) is 18.8. The summed E-state index contributed by atoms with van der Waals surface area (Å²) in [4.78, 5) is 31.5. The van der Waals surface area contributed by atoms with Gasteiger partial charge in [0.05, 0.1) is 21.1 Å². The lowest BCUT2D eigenvalue weighted by molar-refractivity contribution is -0.890. The largest absolute Gasteiger partial charge is 1.00 e. The molecular weight excluding hydrogens is 719 g/mol. The molecule has 0 heterocycles. The van der Waals surface area contributed by atoms with Crippen LogP contribution < -0.4 is 24.0 Å². The predicted octanol–water partition coefficient (Wildman–Crippen LogP) is 4.31. The number of nitrogens with zero attached hydrogens (tertiary/aromatic N) is 2. The number of hydroxylamine groups is 2. The van der Waals surface area contributed by atoms with E-state index in [1.54, 1.807) is 35.2 Å². The van der Waals surface area contributed by atoms with Crippen molar-refractivity contribution >= 4 is 11.9 Å². The number of allylic oxidation sites excluding steroid dienone is 1. The number of hydrogen-bond donors (Lipinski definition) is 2. The van der Waals surface area contributed by atoms with Gasteiger partial charge in [-0.3, -0.25) is 0 Å². The van der Waals surface area contributed by atoms with Gasteiger partial charge < -0.3 is 48.2 Å². The molecule has 4 rings (SSSR count). The summed E-state index contributed by atoms with van der Waals surface area (Å²) in [6, 6.07) is -1.26. The molecule has 278 valence electrons. The number of likely N-dealkylation sites (N-methyl/N-ethyl adjacent to an activating group) is 1. The van der Waals surface area contributed by atoms with Crippen molar-refractivity contribution < 1.29 is 57.8 Å². The van der Waals surface area contributed by atoms with Gasteiger partial charge in [-0.1, -0.05) is 78.9 Å². The zero-order chi connectivity index (χ0) is 35.1. The Morgan fingerprint density at radius 2 is 1.73 bits per heavy atom. The third-order valence-electron chi connectivity index (χ3n) is 13.4. The highest BCUT2D eigenvalue weighted by atomic mass is 127. The molecule has 0 amide bonds. The minimum Gasteiger partial charge on any atom is -1.00 e. The number of aliphatic carboxylic acids is 1. The Balaban J connectivity index is 0.00000625. The van der Waals surface area contributed by atoms with Crippen LogP contribution in [0.5, 0.6) is 0 Å². The fraction of sp³-hybridized carbons (Fsp3) is 0.897. The van der Waals surface area contributed by atoms with E-state index >= 15 is 0 Å². The van der Waals surface area contributed by atoms with Crippen LogP contribution in [0.15, 0.2) is 11.6 Å². The Bertz CT molecular complexity index is 1150. The summed E-state index contributed by atoms with van der Waals surface area (Å²) in [7, 11) is 8.34. The van der Waals surface area contributed by atoms with Crippen LogP contribution in [0.4, 0.5) is 0 Å². The first-order chi connectivity index (χ1) is 21.8. The van der Waals surface area contributed by atoms with Gasteiger partial charge in [-0.25, -0.2) is 9.59 Å². The second kappa shape index (κ2) is 15.9. The molecular formula is C39H69IN2O6. The summed E-state index contributed by atoms with van der Waals surface area (Å²) in [6.45, 7) is 14.4. The van der Waals surface area contributed by atoms with Crippen LogP contribution in [-0.4, -0.2) is 84.9 Å². The first-order valence-electron chi connectivity index (χ1n) is 18.8. The van der Waals surface area contributed by atoms with Gasteiger partial charge >= 0.3 is 11.9 Å².